The third-order valence-corrected chi connectivity index (χ3v) is 2.10. The van der Waals surface area contributed by atoms with Crippen molar-refractivity contribution in [3.05, 3.63) is 58.6 Å². The molecular formula is C13H15N3O2. The van der Waals surface area contributed by atoms with Crippen molar-refractivity contribution in [1.82, 2.24) is 4.57 Å². The van der Waals surface area contributed by atoms with E-state index < -0.39 is 5.91 Å². The van der Waals surface area contributed by atoms with Gasteiger partial charge < -0.3 is 10.3 Å². The van der Waals surface area contributed by atoms with Gasteiger partial charge in [0.15, 0.2) is 0 Å². The molecule has 5 nitrogen and oxygen atoms in total. The number of amidine groups is 1. The summed E-state index contributed by atoms with van der Waals surface area (Å²) in [5.41, 5.74) is 6.49. The minimum absolute atomic E-state index is 0.0943. The van der Waals surface area contributed by atoms with Gasteiger partial charge in [0.05, 0.1) is 5.56 Å². The number of nitrogens with zero attached hydrogens (tertiary/aromatic N) is 2. The fourth-order valence-corrected chi connectivity index (χ4v) is 1.17. The molecule has 0 spiro atoms. The second kappa shape index (κ2) is 5.77. The summed E-state index contributed by atoms with van der Waals surface area (Å²) in [4.78, 5) is 26.6. The van der Waals surface area contributed by atoms with E-state index in [1.807, 2.05) is 0 Å². The molecule has 0 aromatic carbocycles. The molecule has 18 heavy (non-hydrogen) atoms. The van der Waals surface area contributed by atoms with E-state index >= 15 is 0 Å². The number of aromatic nitrogens is 1. The standard InChI is InChI=1S/C13H15N3O2/c1-9(2)4-6-11(14)15-13(18)10-5-7-12(17)16(3)8-10/h4-8H,1H2,2-3H3,(H2,14,15,18)/b6-4-. The molecule has 94 valence electrons. The number of aliphatic imine (C=N–C) groups is 1. The maximum Gasteiger partial charge on any atom is 0.280 e. The van der Waals surface area contributed by atoms with Crippen LogP contribution in [0.15, 0.2) is 52.4 Å². The Kier molecular flexibility index (Phi) is 4.37. The fraction of sp³-hybridized carbons (Fsp3) is 0.154. The minimum Gasteiger partial charge on any atom is -0.384 e. The molecule has 0 saturated carbocycles. The zero-order valence-electron chi connectivity index (χ0n) is 10.4. The van der Waals surface area contributed by atoms with Crippen molar-refractivity contribution in [2.45, 2.75) is 6.92 Å². The second-order valence-electron chi connectivity index (χ2n) is 3.89. The molecule has 1 aromatic rings. The summed E-state index contributed by atoms with van der Waals surface area (Å²) >= 11 is 0. The van der Waals surface area contributed by atoms with Crippen LogP contribution in [0.25, 0.3) is 0 Å². The molecule has 2 N–H and O–H groups in total. The Morgan fingerprint density at radius 1 is 1.44 bits per heavy atom. The van der Waals surface area contributed by atoms with Crippen LogP contribution in [0.4, 0.5) is 0 Å². The van der Waals surface area contributed by atoms with Gasteiger partial charge in [-0.25, -0.2) is 0 Å². The average Bonchev–Trinajstić information content (AvgIpc) is 2.30. The van der Waals surface area contributed by atoms with Crippen LogP contribution in [0.5, 0.6) is 0 Å². The van der Waals surface area contributed by atoms with Crippen molar-refractivity contribution in [1.29, 1.82) is 0 Å². The molecule has 1 heterocycles. The highest BCUT2D eigenvalue weighted by molar-refractivity contribution is 6.06. The highest BCUT2D eigenvalue weighted by Crippen LogP contribution is 1.98. The van der Waals surface area contributed by atoms with Crippen LogP contribution in [0.2, 0.25) is 0 Å². The molecule has 0 bridgehead atoms. The number of allylic oxidation sites excluding steroid dienone is 2. The fourth-order valence-electron chi connectivity index (χ4n) is 1.17. The van der Waals surface area contributed by atoms with Gasteiger partial charge in [-0.05, 0) is 19.1 Å². The summed E-state index contributed by atoms with van der Waals surface area (Å²) in [5.74, 6) is -0.397. The van der Waals surface area contributed by atoms with Crippen molar-refractivity contribution < 1.29 is 4.79 Å². The molecule has 0 aliphatic rings. The minimum atomic E-state index is -0.491. The quantitative estimate of drug-likeness (QED) is 0.490. The first-order valence-corrected chi connectivity index (χ1v) is 5.29. The van der Waals surface area contributed by atoms with Gasteiger partial charge in [0.1, 0.15) is 5.84 Å². The van der Waals surface area contributed by atoms with E-state index in [0.717, 1.165) is 5.57 Å². The normalized spacial score (nSPS) is 11.8. The molecule has 1 aromatic heterocycles. The molecule has 0 radical (unpaired) electrons. The van der Waals surface area contributed by atoms with Crippen molar-refractivity contribution >= 4 is 11.7 Å². The Bertz CT molecular complexity index is 594. The summed E-state index contributed by atoms with van der Waals surface area (Å²) in [7, 11) is 1.56. The summed E-state index contributed by atoms with van der Waals surface area (Å²) in [6.45, 7) is 5.47. The SMILES string of the molecule is C=C(C)/C=C\C(N)=NC(=O)c1ccc(=O)n(C)c1. The Balaban J connectivity index is 2.94. The Morgan fingerprint density at radius 2 is 2.11 bits per heavy atom. The van der Waals surface area contributed by atoms with Gasteiger partial charge in [-0.15, -0.1) is 0 Å². The van der Waals surface area contributed by atoms with E-state index in [4.69, 9.17) is 5.73 Å². The smallest absolute Gasteiger partial charge is 0.280 e. The number of hydrogen-bond donors (Lipinski definition) is 1. The topological polar surface area (TPSA) is 77.4 Å². The third kappa shape index (κ3) is 3.86. The summed E-state index contributed by atoms with van der Waals surface area (Å²) < 4.78 is 1.31. The van der Waals surface area contributed by atoms with E-state index in [0.29, 0.717) is 5.56 Å². The van der Waals surface area contributed by atoms with E-state index in [1.54, 1.807) is 20.0 Å². The van der Waals surface area contributed by atoms with Crippen LogP contribution in [0, 0.1) is 0 Å². The van der Waals surface area contributed by atoms with Crippen LogP contribution in [-0.4, -0.2) is 16.3 Å². The van der Waals surface area contributed by atoms with Crippen molar-refractivity contribution in [3.63, 3.8) is 0 Å². The van der Waals surface area contributed by atoms with Crippen LogP contribution in [0.3, 0.4) is 0 Å². The number of pyridine rings is 1. The lowest BCUT2D eigenvalue weighted by molar-refractivity contribution is 0.100. The average molecular weight is 245 g/mol. The highest BCUT2D eigenvalue weighted by atomic mass is 16.1. The zero-order valence-corrected chi connectivity index (χ0v) is 10.4. The molecule has 0 aliphatic carbocycles. The first-order chi connectivity index (χ1) is 8.40. The summed E-state index contributed by atoms with van der Waals surface area (Å²) in [5, 5.41) is 0. The van der Waals surface area contributed by atoms with Gasteiger partial charge in [0.2, 0.25) is 5.56 Å². The molecule has 0 unspecified atom stereocenters. The largest absolute Gasteiger partial charge is 0.384 e. The monoisotopic (exact) mass is 245 g/mol. The van der Waals surface area contributed by atoms with Gasteiger partial charge in [0.25, 0.3) is 5.91 Å². The lowest BCUT2D eigenvalue weighted by atomic mass is 10.2. The molecule has 0 aliphatic heterocycles. The predicted molar refractivity (Wildman–Crippen MR) is 71.6 cm³/mol. The van der Waals surface area contributed by atoms with Gasteiger partial charge in [-0.2, -0.15) is 4.99 Å². The van der Waals surface area contributed by atoms with Crippen LogP contribution in [-0.2, 0) is 7.05 Å². The molecule has 1 rings (SSSR count). The Labute approximate surface area is 105 Å². The van der Waals surface area contributed by atoms with Gasteiger partial charge >= 0.3 is 0 Å². The van der Waals surface area contributed by atoms with E-state index in [2.05, 4.69) is 11.6 Å². The Morgan fingerprint density at radius 3 is 2.67 bits per heavy atom. The second-order valence-corrected chi connectivity index (χ2v) is 3.89. The Hall–Kier alpha value is -2.43. The van der Waals surface area contributed by atoms with E-state index in [1.165, 1.54) is 29.0 Å². The number of nitrogens with two attached hydrogens (primary N) is 1. The lowest BCUT2D eigenvalue weighted by Crippen LogP contribution is -2.17. The maximum atomic E-state index is 11.7. The van der Waals surface area contributed by atoms with Gasteiger partial charge in [-0.3, -0.25) is 9.59 Å². The van der Waals surface area contributed by atoms with Crippen molar-refractivity contribution in [3.8, 4) is 0 Å². The molecule has 0 saturated heterocycles. The number of carbonyl (C=O) groups is 1. The molecule has 5 heteroatoms. The van der Waals surface area contributed by atoms with Crippen molar-refractivity contribution in [2.24, 2.45) is 17.8 Å². The summed E-state index contributed by atoms with van der Waals surface area (Å²) in [6.07, 6.45) is 4.58. The zero-order chi connectivity index (χ0) is 13.7. The first kappa shape index (κ1) is 13.6. The number of carbonyl (C=O) groups excluding carboxylic acids is 1. The number of rotatable bonds is 3. The molecule has 0 atom stereocenters. The van der Waals surface area contributed by atoms with E-state index in [9.17, 15) is 9.59 Å². The van der Waals surface area contributed by atoms with Crippen LogP contribution in [0.1, 0.15) is 17.3 Å². The summed E-state index contributed by atoms with van der Waals surface area (Å²) in [6, 6.07) is 2.73. The first-order valence-electron chi connectivity index (χ1n) is 5.29. The van der Waals surface area contributed by atoms with Crippen LogP contribution >= 0.6 is 0 Å². The predicted octanol–water partition coefficient (Wildman–Crippen LogP) is 1.01. The molecule has 0 fully saturated rings. The van der Waals surface area contributed by atoms with Gasteiger partial charge in [-0.1, -0.05) is 18.2 Å². The van der Waals surface area contributed by atoms with Gasteiger partial charge in [0, 0.05) is 19.3 Å². The lowest BCUT2D eigenvalue weighted by Gasteiger charge is -1.99. The number of hydrogen-bond acceptors (Lipinski definition) is 2. The molecular weight excluding hydrogens is 230 g/mol. The van der Waals surface area contributed by atoms with Crippen LogP contribution < -0.4 is 11.3 Å². The number of amides is 1. The third-order valence-electron chi connectivity index (χ3n) is 2.10. The highest BCUT2D eigenvalue weighted by Gasteiger charge is 2.05. The van der Waals surface area contributed by atoms with Crippen molar-refractivity contribution in [2.75, 3.05) is 0 Å². The van der Waals surface area contributed by atoms with E-state index in [-0.39, 0.29) is 11.4 Å². The number of aryl methyl sites for hydroxylation is 1. The molecule has 1 amide bonds. The maximum absolute atomic E-state index is 11.7.